The predicted molar refractivity (Wildman–Crippen MR) is 112 cm³/mol. The Bertz CT molecular complexity index is 939. The molecule has 2 heterocycles. The van der Waals surface area contributed by atoms with Crippen LogP contribution in [0, 0.1) is 5.82 Å². The second-order valence-corrected chi connectivity index (χ2v) is 7.49. The molecule has 2 atom stereocenters. The molecule has 4 rings (SSSR count). The monoisotopic (exact) mass is 415 g/mol. The van der Waals surface area contributed by atoms with E-state index >= 15 is 0 Å². The second-order valence-electron chi connectivity index (χ2n) is 7.49. The molecule has 1 aliphatic heterocycles. The normalized spacial score (nSPS) is 20.5. The molecule has 0 saturated heterocycles. The van der Waals surface area contributed by atoms with E-state index in [1.165, 1.54) is 0 Å². The van der Waals surface area contributed by atoms with Crippen LogP contribution < -0.4 is 31.2 Å². The van der Waals surface area contributed by atoms with Gasteiger partial charge in [-0.15, -0.1) is 0 Å². The smallest absolute Gasteiger partial charge is 0.252 e. The zero-order chi connectivity index (χ0) is 21.1. The molecule has 0 spiro atoms. The number of hydrogen-bond donors (Lipinski definition) is 4. The summed E-state index contributed by atoms with van der Waals surface area (Å²) in [5.41, 5.74) is 6.06. The molecule has 1 aromatic carbocycles. The van der Waals surface area contributed by atoms with Crippen LogP contribution in [0.15, 0.2) is 24.3 Å². The summed E-state index contributed by atoms with van der Waals surface area (Å²) in [6, 6.07) is 6.68. The first-order valence-corrected chi connectivity index (χ1v) is 10.2. The standard InChI is InChI=1S/C21H26FN5O3/c1-24-15-4-2-3-5-16(15)26-21-14(22)11-13(19(23)28)20(27-21)25-12-6-7-17-18(10-12)30-9-8-29-17/h6-7,10-11,15-16,24H,2-5,8-9H2,1H3,(H2,23,28)(H2,25,26,27). The number of rotatable bonds is 6. The number of primary amides is 1. The molecular formula is C21H26FN5O3. The van der Waals surface area contributed by atoms with Crippen LogP contribution in [-0.2, 0) is 0 Å². The fourth-order valence-corrected chi connectivity index (χ4v) is 3.96. The first-order chi connectivity index (χ1) is 14.5. The molecule has 1 aromatic heterocycles. The number of halogens is 1. The number of amides is 1. The van der Waals surface area contributed by atoms with Gasteiger partial charge in [-0.05, 0) is 38.1 Å². The van der Waals surface area contributed by atoms with E-state index in [4.69, 9.17) is 15.2 Å². The lowest BCUT2D eigenvalue weighted by molar-refractivity contribution is 0.100. The maximum Gasteiger partial charge on any atom is 0.252 e. The van der Waals surface area contributed by atoms with Crippen molar-refractivity contribution in [3.63, 3.8) is 0 Å². The Hall–Kier alpha value is -3.07. The SMILES string of the molecule is CNC1CCCCC1Nc1nc(Nc2ccc3c(c2)OCCO3)c(C(N)=O)cc1F. The first kappa shape index (κ1) is 20.2. The van der Waals surface area contributed by atoms with Crippen LogP contribution in [0.5, 0.6) is 11.5 Å². The predicted octanol–water partition coefficient (Wildman–Crippen LogP) is 2.78. The highest BCUT2D eigenvalue weighted by molar-refractivity contribution is 5.98. The van der Waals surface area contributed by atoms with Crippen molar-refractivity contribution in [1.82, 2.24) is 10.3 Å². The highest BCUT2D eigenvalue weighted by Gasteiger charge is 2.26. The first-order valence-electron chi connectivity index (χ1n) is 10.2. The summed E-state index contributed by atoms with van der Waals surface area (Å²) in [6.07, 6.45) is 4.13. The molecule has 0 radical (unpaired) electrons. The zero-order valence-electron chi connectivity index (χ0n) is 16.8. The summed E-state index contributed by atoms with van der Waals surface area (Å²) in [7, 11) is 1.90. The van der Waals surface area contributed by atoms with Gasteiger partial charge >= 0.3 is 0 Å². The van der Waals surface area contributed by atoms with E-state index in [0.29, 0.717) is 30.4 Å². The van der Waals surface area contributed by atoms with Crippen molar-refractivity contribution in [3.05, 3.63) is 35.6 Å². The van der Waals surface area contributed by atoms with Crippen LogP contribution in [0.4, 0.5) is 21.7 Å². The molecule has 1 aliphatic carbocycles. The number of likely N-dealkylation sites (N-methyl/N-ethyl adjacent to an activating group) is 1. The van der Waals surface area contributed by atoms with Crippen molar-refractivity contribution in [1.29, 1.82) is 0 Å². The number of pyridine rings is 1. The Balaban J connectivity index is 1.62. The van der Waals surface area contributed by atoms with E-state index in [9.17, 15) is 9.18 Å². The average Bonchev–Trinajstić information content (AvgIpc) is 2.76. The lowest BCUT2D eigenvalue weighted by Gasteiger charge is -2.32. The fourth-order valence-electron chi connectivity index (χ4n) is 3.96. The fraction of sp³-hybridized carbons (Fsp3) is 0.429. The Morgan fingerprint density at radius 1 is 1.10 bits per heavy atom. The molecule has 30 heavy (non-hydrogen) atoms. The highest BCUT2D eigenvalue weighted by atomic mass is 19.1. The molecule has 5 N–H and O–H groups in total. The van der Waals surface area contributed by atoms with Gasteiger partial charge in [0.2, 0.25) is 0 Å². The molecular weight excluding hydrogens is 389 g/mol. The third-order valence-electron chi connectivity index (χ3n) is 5.51. The van der Waals surface area contributed by atoms with E-state index in [-0.39, 0.29) is 29.3 Å². The summed E-state index contributed by atoms with van der Waals surface area (Å²) >= 11 is 0. The van der Waals surface area contributed by atoms with Crippen LogP contribution in [0.25, 0.3) is 0 Å². The van der Waals surface area contributed by atoms with Crippen molar-refractivity contribution >= 4 is 23.2 Å². The van der Waals surface area contributed by atoms with Gasteiger partial charge in [0.05, 0.1) is 5.56 Å². The van der Waals surface area contributed by atoms with Crippen molar-refractivity contribution in [2.75, 3.05) is 30.9 Å². The van der Waals surface area contributed by atoms with Crippen LogP contribution >= 0.6 is 0 Å². The van der Waals surface area contributed by atoms with E-state index in [2.05, 4.69) is 20.9 Å². The molecule has 2 aromatic rings. The van der Waals surface area contributed by atoms with Gasteiger partial charge in [0.25, 0.3) is 5.91 Å². The number of anilines is 3. The van der Waals surface area contributed by atoms with E-state index in [1.54, 1.807) is 18.2 Å². The minimum Gasteiger partial charge on any atom is -0.486 e. The number of carbonyl (C=O) groups is 1. The van der Waals surface area contributed by atoms with Gasteiger partial charge in [-0.1, -0.05) is 12.8 Å². The largest absolute Gasteiger partial charge is 0.486 e. The van der Waals surface area contributed by atoms with E-state index < -0.39 is 11.7 Å². The number of benzene rings is 1. The van der Waals surface area contributed by atoms with E-state index in [1.807, 2.05) is 7.05 Å². The minimum absolute atomic E-state index is 0.0262. The third kappa shape index (κ3) is 4.25. The summed E-state index contributed by atoms with van der Waals surface area (Å²) in [5, 5.41) is 9.55. The summed E-state index contributed by atoms with van der Waals surface area (Å²) in [6.45, 7) is 0.953. The number of aromatic nitrogens is 1. The number of nitrogens with zero attached hydrogens (tertiary/aromatic N) is 1. The van der Waals surface area contributed by atoms with Gasteiger partial charge in [0.15, 0.2) is 23.1 Å². The van der Waals surface area contributed by atoms with Crippen molar-refractivity contribution < 1.29 is 18.7 Å². The van der Waals surface area contributed by atoms with Gasteiger partial charge in [-0.2, -0.15) is 0 Å². The van der Waals surface area contributed by atoms with Crippen molar-refractivity contribution in [2.24, 2.45) is 5.73 Å². The maximum absolute atomic E-state index is 14.7. The molecule has 8 nitrogen and oxygen atoms in total. The highest BCUT2D eigenvalue weighted by Crippen LogP contribution is 2.34. The second kappa shape index (κ2) is 8.74. The number of hydrogen-bond acceptors (Lipinski definition) is 7. The summed E-state index contributed by atoms with van der Waals surface area (Å²) in [4.78, 5) is 16.3. The van der Waals surface area contributed by atoms with Crippen LogP contribution in [0.2, 0.25) is 0 Å². The number of fused-ring (bicyclic) bond motifs is 1. The summed E-state index contributed by atoms with van der Waals surface area (Å²) < 4.78 is 25.8. The molecule has 2 aliphatic rings. The molecule has 1 saturated carbocycles. The van der Waals surface area contributed by atoms with Crippen LogP contribution in [0.1, 0.15) is 36.0 Å². The van der Waals surface area contributed by atoms with Crippen molar-refractivity contribution in [3.8, 4) is 11.5 Å². The third-order valence-corrected chi connectivity index (χ3v) is 5.51. The Labute approximate surface area is 174 Å². The zero-order valence-corrected chi connectivity index (χ0v) is 16.8. The number of ether oxygens (including phenoxy) is 2. The molecule has 0 bridgehead atoms. The minimum atomic E-state index is -0.765. The topological polar surface area (TPSA) is 111 Å². The van der Waals surface area contributed by atoms with Gasteiger partial charge < -0.3 is 31.2 Å². The molecule has 9 heteroatoms. The van der Waals surface area contributed by atoms with E-state index in [0.717, 1.165) is 31.7 Å². The quantitative estimate of drug-likeness (QED) is 0.574. The lowest BCUT2D eigenvalue weighted by Crippen LogP contribution is -2.45. The lowest BCUT2D eigenvalue weighted by atomic mass is 9.90. The van der Waals surface area contributed by atoms with Crippen LogP contribution in [-0.4, -0.2) is 43.2 Å². The van der Waals surface area contributed by atoms with Gasteiger partial charge in [0, 0.05) is 23.8 Å². The molecule has 160 valence electrons. The maximum atomic E-state index is 14.7. The molecule has 1 fully saturated rings. The average molecular weight is 415 g/mol. The number of carbonyl (C=O) groups excluding carboxylic acids is 1. The Morgan fingerprint density at radius 2 is 1.83 bits per heavy atom. The van der Waals surface area contributed by atoms with Crippen molar-refractivity contribution in [2.45, 2.75) is 37.8 Å². The Kier molecular flexibility index (Phi) is 5.89. The van der Waals surface area contributed by atoms with Gasteiger partial charge in [-0.3, -0.25) is 4.79 Å². The van der Waals surface area contributed by atoms with Gasteiger partial charge in [-0.25, -0.2) is 9.37 Å². The van der Waals surface area contributed by atoms with Gasteiger partial charge in [0.1, 0.15) is 19.0 Å². The molecule has 2 unspecified atom stereocenters. The summed E-state index contributed by atoms with van der Waals surface area (Å²) in [5.74, 6) is 0.126. The number of nitrogens with two attached hydrogens (primary N) is 1. The number of nitrogens with one attached hydrogen (secondary N) is 3. The molecule has 1 amide bonds. The van der Waals surface area contributed by atoms with Crippen LogP contribution in [0.3, 0.4) is 0 Å². The Morgan fingerprint density at radius 3 is 2.57 bits per heavy atom.